The lowest BCUT2D eigenvalue weighted by Crippen LogP contribution is -2.33. The second-order valence-electron chi connectivity index (χ2n) is 8.73. The minimum absolute atomic E-state index is 0.749. The molecule has 0 spiro atoms. The number of rotatable bonds is 2. The van der Waals surface area contributed by atoms with Crippen LogP contribution in [0.1, 0.15) is 71.6 Å². The molecule has 0 N–H and O–H groups in total. The smallest absolute Gasteiger partial charge is 0.0292 e. The third-order valence-electron chi connectivity index (χ3n) is 7.72. The van der Waals surface area contributed by atoms with E-state index in [4.69, 9.17) is 0 Å². The van der Waals surface area contributed by atoms with Crippen molar-refractivity contribution in [2.45, 2.75) is 71.6 Å². The Morgan fingerprint density at radius 3 is 2.50 bits per heavy atom. The van der Waals surface area contributed by atoms with Crippen molar-refractivity contribution in [3.05, 3.63) is 0 Å². The fourth-order valence-corrected chi connectivity index (χ4v) is 6.67. The van der Waals surface area contributed by atoms with Crippen LogP contribution in [0.25, 0.3) is 0 Å². The zero-order valence-corrected chi connectivity index (χ0v) is 12.3. The van der Waals surface area contributed by atoms with Gasteiger partial charge in [0, 0.05) is 0 Å². The molecule has 4 rings (SSSR count). The summed E-state index contributed by atoms with van der Waals surface area (Å²) in [5.41, 5.74) is 0.749. The Bertz CT molecular complexity index is 333. The Kier molecular flexibility index (Phi) is 2.62. The average Bonchev–Trinajstić information content (AvgIpc) is 2.99. The maximum atomic E-state index is 2.65. The molecule has 7 atom stereocenters. The van der Waals surface area contributed by atoms with Gasteiger partial charge in [0.05, 0.1) is 0 Å². The van der Waals surface area contributed by atoms with Gasteiger partial charge in [0.2, 0.25) is 0 Å². The molecule has 4 aliphatic carbocycles. The summed E-state index contributed by atoms with van der Waals surface area (Å²) in [6.45, 7) is 5.24. The van der Waals surface area contributed by atoms with E-state index in [2.05, 4.69) is 13.8 Å². The van der Waals surface area contributed by atoms with E-state index in [1.165, 1.54) is 0 Å². The lowest BCUT2D eigenvalue weighted by molar-refractivity contribution is 0.0750. The molecule has 0 heterocycles. The molecular formula is C18H30. The predicted octanol–water partition coefficient (Wildman–Crippen LogP) is 5.28. The lowest BCUT2D eigenvalue weighted by atomic mass is 9.63. The maximum Gasteiger partial charge on any atom is -0.0292 e. The van der Waals surface area contributed by atoms with Crippen molar-refractivity contribution in [1.82, 2.24) is 0 Å². The van der Waals surface area contributed by atoms with Crippen molar-refractivity contribution in [3.63, 3.8) is 0 Å². The normalized spacial score (nSPS) is 58.3. The van der Waals surface area contributed by atoms with Crippen LogP contribution in [-0.4, -0.2) is 0 Å². The van der Waals surface area contributed by atoms with E-state index in [0.29, 0.717) is 0 Å². The third-order valence-corrected chi connectivity index (χ3v) is 7.72. The van der Waals surface area contributed by atoms with E-state index < -0.39 is 0 Å². The third kappa shape index (κ3) is 1.70. The molecular weight excluding hydrogens is 216 g/mol. The maximum absolute atomic E-state index is 2.65. The minimum atomic E-state index is 0.749. The van der Waals surface area contributed by atoms with E-state index in [-0.39, 0.29) is 0 Å². The van der Waals surface area contributed by atoms with Gasteiger partial charge in [0.25, 0.3) is 0 Å². The second-order valence-corrected chi connectivity index (χ2v) is 8.73. The molecule has 0 aromatic carbocycles. The SMILES string of the molecule is CC1C2CCC(C2)CC1CC1(C)CC2CCC1C2. The van der Waals surface area contributed by atoms with Gasteiger partial charge >= 0.3 is 0 Å². The highest BCUT2D eigenvalue weighted by Crippen LogP contribution is 2.60. The molecule has 0 radical (unpaired) electrons. The standard InChI is InChI=1S/C18H30/c1-12-15-5-3-13(7-15)8-16(12)11-18(2)10-14-4-6-17(18)9-14/h12-17H,3-11H2,1-2H3. The van der Waals surface area contributed by atoms with Crippen LogP contribution in [0.15, 0.2) is 0 Å². The van der Waals surface area contributed by atoms with Crippen LogP contribution < -0.4 is 0 Å². The van der Waals surface area contributed by atoms with Crippen LogP contribution >= 0.6 is 0 Å². The Morgan fingerprint density at radius 2 is 1.78 bits per heavy atom. The molecule has 0 aromatic heterocycles. The molecule has 0 aromatic rings. The van der Waals surface area contributed by atoms with E-state index in [0.717, 1.165) is 40.9 Å². The molecule has 18 heavy (non-hydrogen) atoms. The van der Waals surface area contributed by atoms with Crippen LogP contribution in [0.3, 0.4) is 0 Å². The summed E-state index contributed by atoms with van der Waals surface area (Å²) in [7, 11) is 0. The first kappa shape index (κ1) is 11.8. The van der Waals surface area contributed by atoms with Gasteiger partial charge < -0.3 is 0 Å². The number of fused-ring (bicyclic) bond motifs is 4. The minimum Gasteiger partial charge on any atom is -0.0620 e. The quantitative estimate of drug-likeness (QED) is 0.622. The van der Waals surface area contributed by atoms with Crippen LogP contribution in [0.4, 0.5) is 0 Å². The number of hydrogen-bond donors (Lipinski definition) is 0. The van der Waals surface area contributed by atoms with Crippen molar-refractivity contribution in [1.29, 1.82) is 0 Å². The average molecular weight is 246 g/mol. The van der Waals surface area contributed by atoms with Gasteiger partial charge in [-0.3, -0.25) is 0 Å². The molecule has 102 valence electrons. The van der Waals surface area contributed by atoms with Crippen LogP contribution in [0.2, 0.25) is 0 Å². The summed E-state index contributed by atoms with van der Waals surface area (Å²) in [4.78, 5) is 0. The lowest BCUT2D eigenvalue weighted by Gasteiger charge is -2.42. The highest BCUT2D eigenvalue weighted by atomic mass is 14.6. The first-order valence-electron chi connectivity index (χ1n) is 8.64. The summed E-state index contributed by atoms with van der Waals surface area (Å²) in [6, 6.07) is 0. The van der Waals surface area contributed by atoms with Gasteiger partial charge in [0.1, 0.15) is 0 Å². The molecule has 4 fully saturated rings. The van der Waals surface area contributed by atoms with E-state index in [9.17, 15) is 0 Å². The van der Waals surface area contributed by atoms with Gasteiger partial charge in [-0.1, -0.05) is 26.7 Å². The first-order chi connectivity index (χ1) is 8.64. The fraction of sp³-hybridized carbons (Fsp3) is 1.00. The Morgan fingerprint density at radius 1 is 0.944 bits per heavy atom. The second kappa shape index (κ2) is 4.00. The van der Waals surface area contributed by atoms with Crippen molar-refractivity contribution in [2.24, 2.45) is 40.9 Å². The summed E-state index contributed by atoms with van der Waals surface area (Å²) in [5.74, 6) is 6.58. The zero-order chi connectivity index (χ0) is 12.3. The summed E-state index contributed by atoms with van der Waals surface area (Å²) < 4.78 is 0. The summed E-state index contributed by atoms with van der Waals surface area (Å²) in [6.07, 6.45) is 14.2. The Hall–Kier alpha value is 0. The fourth-order valence-electron chi connectivity index (χ4n) is 6.67. The van der Waals surface area contributed by atoms with Crippen molar-refractivity contribution < 1.29 is 0 Å². The van der Waals surface area contributed by atoms with Crippen LogP contribution in [0, 0.1) is 40.9 Å². The van der Waals surface area contributed by atoms with E-state index in [1.807, 2.05) is 0 Å². The van der Waals surface area contributed by atoms with Gasteiger partial charge in [-0.15, -0.1) is 0 Å². The van der Waals surface area contributed by atoms with Crippen LogP contribution in [0.5, 0.6) is 0 Å². The van der Waals surface area contributed by atoms with E-state index >= 15 is 0 Å². The van der Waals surface area contributed by atoms with Gasteiger partial charge in [-0.05, 0) is 85.9 Å². The Balaban J connectivity index is 1.48. The van der Waals surface area contributed by atoms with Gasteiger partial charge in [0.15, 0.2) is 0 Å². The topological polar surface area (TPSA) is 0 Å². The summed E-state index contributed by atoms with van der Waals surface area (Å²) in [5, 5.41) is 0. The Labute approximate surface area is 113 Å². The first-order valence-corrected chi connectivity index (χ1v) is 8.64. The van der Waals surface area contributed by atoms with Crippen LogP contribution in [-0.2, 0) is 0 Å². The van der Waals surface area contributed by atoms with E-state index in [1.54, 1.807) is 57.8 Å². The van der Waals surface area contributed by atoms with Crippen molar-refractivity contribution in [2.75, 3.05) is 0 Å². The molecule has 4 aliphatic rings. The molecule has 7 unspecified atom stereocenters. The zero-order valence-electron chi connectivity index (χ0n) is 12.3. The molecule has 0 heteroatoms. The highest BCUT2D eigenvalue weighted by molar-refractivity contribution is 5.00. The largest absolute Gasteiger partial charge is 0.0620 e. The summed E-state index contributed by atoms with van der Waals surface area (Å²) >= 11 is 0. The highest BCUT2D eigenvalue weighted by Gasteiger charge is 2.50. The van der Waals surface area contributed by atoms with Crippen molar-refractivity contribution in [3.8, 4) is 0 Å². The molecule has 0 nitrogen and oxygen atoms in total. The monoisotopic (exact) mass is 246 g/mol. The molecule has 0 amide bonds. The van der Waals surface area contributed by atoms with Gasteiger partial charge in [-0.25, -0.2) is 0 Å². The predicted molar refractivity (Wildman–Crippen MR) is 76.3 cm³/mol. The molecule has 4 bridgehead atoms. The molecule has 0 saturated heterocycles. The molecule has 0 aliphatic heterocycles. The van der Waals surface area contributed by atoms with Crippen molar-refractivity contribution >= 4 is 0 Å². The van der Waals surface area contributed by atoms with Gasteiger partial charge in [-0.2, -0.15) is 0 Å². The molecule has 4 saturated carbocycles. The number of hydrogen-bond acceptors (Lipinski definition) is 0.